The van der Waals surface area contributed by atoms with Crippen molar-refractivity contribution >= 4 is 27.5 Å². The highest BCUT2D eigenvalue weighted by Crippen LogP contribution is 2.21. The molecule has 4 heteroatoms. The van der Waals surface area contributed by atoms with Crippen LogP contribution < -0.4 is 5.32 Å². The van der Waals surface area contributed by atoms with Crippen molar-refractivity contribution in [1.29, 1.82) is 0 Å². The molecule has 0 saturated heterocycles. The van der Waals surface area contributed by atoms with Gasteiger partial charge in [0.05, 0.1) is 12.3 Å². The predicted octanol–water partition coefficient (Wildman–Crippen LogP) is 3.85. The van der Waals surface area contributed by atoms with Crippen molar-refractivity contribution < 1.29 is 9.53 Å². The van der Waals surface area contributed by atoms with E-state index in [1.165, 1.54) is 0 Å². The van der Waals surface area contributed by atoms with Crippen molar-refractivity contribution in [1.82, 2.24) is 0 Å². The molecule has 0 unspecified atom stereocenters. The van der Waals surface area contributed by atoms with Crippen molar-refractivity contribution in [2.45, 2.75) is 6.61 Å². The van der Waals surface area contributed by atoms with Crippen LogP contribution in [0.25, 0.3) is 0 Å². The van der Waals surface area contributed by atoms with Crippen LogP contribution in [-0.2, 0) is 11.3 Å². The fourth-order valence-corrected chi connectivity index (χ4v) is 2.06. The summed E-state index contributed by atoms with van der Waals surface area (Å²) in [6.45, 7) is 0.548. The Kier molecular flexibility index (Phi) is 4.71. The van der Waals surface area contributed by atoms with E-state index in [9.17, 15) is 4.79 Å². The average molecular weight is 320 g/mol. The van der Waals surface area contributed by atoms with Crippen molar-refractivity contribution in [3.05, 3.63) is 64.1 Å². The van der Waals surface area contributed by atoms with E-state index in [4.69, 9.17) is 4.74 Å². The van der Waals surface area contributed by atoms with E-state index >= 15 is 0 Å². The molecule has 98 valence electrons. The van der Waals surface area contributed by atoms with Gasteiger partial charge in [0, 0.05) is 17.1 Å². The zero-order chi connectivity index (χ0) is 13.7. The summed E-state index contributed by atoms with van der Waals surface area (Å²) in [5.41, 5.74) is 2.42. The van der Waals surface area contributed by atoms with Gasteiger partial charge in [-0.3, -0.25) is 4.79 Å². The quantitative estimate of drug-likeness (QED) is 0.929. The molecule has 0 saturated carbocycles. The van der Waals surface area contributed by atoms with E-state index < -0.39 is 0 Å². The summed E-state index contributed by atoms with van der Waals surface area (Å²) in [5.74, 6) is -0.129. The van der Waals surface area contributed by atoms with Gasteiger partial charge < -0.3 is 10.1 Å². The maximum atomic E-state index is 12.1. The van der Waals surface area contributed by atoms with Gasteiger partial charge >= 0.3 is 0 Å². The number of ether oxygens (including phenoxy) is 1. The molecule has 2 aromatic rings. The molecule has 0 aromatic heterocycles. The van der Waals surface area contributed by atoms with E-state index in [0.717, 1.165) is 15.7 Å². The van der Waals surface area contributed by atoms with Crippen molar-refractivity contribution in [3.63, 3.8) is 0 Å². The Morgan fingerprint density at radius 1 is 1.16 bits per heavy atom. The molecule has 19 heavy (non-hydrogen) atoms. The number of halogens is 1. The number of rotatable bonds is 4. The first-order chi connectivity index (χ1) is 9.20. The number of anilines is 1. The predicted molar refractivity (Wildman–Crippen MR) is 79.3 cm³/mol. The minimum absolute atomic E-state index is 0.129. The largest absolute Gasteiger partial charge is 0.380 e. The number of methoxy groups -OCH3 is 1. The third kappa shape index (κ3) is 3.66. The normalized spacial score (nSPS) is 10.2. The van der Waals surface area contributed by atoms with Gasteiger partial charge in [0.1, 0.15) is 0 Å². The zero-order valence-electron chi connectivity index (χ0n) is 10.5. The van der Waals surface area contributed by atoms with Gasteiger partial charge in [0.2, 0.25) is 0 Å². The third-order valence-electron chi connectivity index (χ3n) is 2.65. The maximum absolute atomic E-state index is 12.1. The summed E-state index contributed by atoms with van der Waals surface area (Å²) in [7, 11) is 1.65. The van der Waals surface area contributed by atoms with Crippen LogP contribution in [0.15, 0.2) is 53.0 Å². The number of benzene rings is 2. The summed E-state index contributed by atoms with van der Waals surface area (Å²) in [6, 6.07) is 14.9. The molecule has 0 atom stereocenters. The first-order valence-corrected chi connectivity index (χ1v) is 6.64. The van der Waals surface area contributed by atoms with Crippen LogP contribution in [0.3, 0.4) is 0 Å². The van der Waals surface area contributed by atoms with Crippen molar-refractivity contribution in [2.75, 3.05) is 12.4 Å². The van der Waals surface area contributed by atoms with Gasteiger partial charge in [-0.1, -0.05) is 24.3 Å². The van der Waals surface area contributed by atoms with Gasteiger partial charge in [-0.2, -0.15) is 0 Å². The Morgan fingerprint density at radius 2 is 1.84 bits per heavy atom. The molecule has 1 N–H and O–H groups in total. The smallest absolute Gasteiger partial charge is 0.255 e. The lowest BCUT2D eigenvalue weighted by Gasteiger charge is -2.07. The summed E-state index contributed by atoms with van der Waals surface area (Å²) in [5, 5.41) is 2.86. The Bertz CT molecular complexity index is 567. The van der Waals surface area contributed by atoms with E-state index in [1.807, 2.05) is 36.4 Å². The summed E-state index contributed by atoms with van der Waals surface area (Å²) < 4.78 is 5.89. The minimum atomic E-state index is -0.129. The van der Waals surface area contributed by atoms with Gasteiger partial charge in [-0.05, 0) is 45.8 Å². The number of hydrogen-bond acceptors (Lipinski definition) is 2. The topological polar surface area (TPSA) is 38.3 Å². The molecule has 0 spiro atoms. The highest BCUT2D eigenvalue weighted by molar-refractivity contribution is 9.10. The van der Waals surface area contributed by atoms with Crippen molar-refractivity contribution in [3.8, 4) is 0 Å². The Labute approximate surface area is 120 Å². The molecule has 0 heterocycles. The number of para-hydroxylation sites is 1. The van der Waals surface area contributed by atoms with Gasteiger partial charge in [0.15, 0.2) is 0 Å². The fraction of sp³-hybridized carbons (Fsp3) is 0.133. The van der Waals surface area contributed by atoms with Gasteiger partial charge in [-0.25, -0.2) is 0 Å². The summed E-state index contributed by atoms with van der Waals surface area (Å²) >= 11 is 3.40. The lowest BCUT2D eigenvalue weighted by Crippen LogP contribution is -2.12. The van der Waals surface area contributed by atoms with Crippen LogP contribution in [0, 0.1) is 0 Å². The molecule has 0 aliphatic carbocycles. The number of hydrogen-bond donors (Lipinski definition) is 1. The summed E-state index contributed by atoms with van der Waals surface area (Å²) in [4.78, 5) is 12.1. The first kappa shape index (κ1) is 13.8. The molecule has 2 aromatic carbocycles. The lowest BCUT2D eigenvalue weighted by atomic mass is 10.1. The molecule has 0 aliphatic rings. The standard InChI is InChI=1S/C15H14BrNO2/c1-19-10-11-6-8-12(9-7-11)15(18)17-14-5-3-2-4-13(14)16/h2-9H,10H2,1H3,(H,17,18). The monoisotopic (exact) mass is 319 g/mol. The van der Waals surface area contributed by atoms with Crippen LogP contribution >= 0.6 is 15.9 Å². The van der Waals surface area contributed by atoms with Gasteiger partial charge in [0.25, 0.3) is 5.91 Å². The maximum Gasteiger partial charge on any atom is 0.255 e. The number of carbonyl (C=O) groups excluding carboxylic acids is 1. The molecule has 0 radical (unpaired) electrons. The Morgan fingerprint density at radius 3 is 2.47 bits per heavy atom. The van der Waals surface area contributed by atoms with Crippen LogP contribution in [0.5, 0.6) is 0 Å². The number of amides is 1. The molecule has 2 rings (SSSR count). The van der Waals surface area contributed by atoms with Crippen LogP contribution in [0.2, 0.25) is 0 Å². The molecule has 0 aliphatic heterocycles. The highest BCUT2D eigenvalue weighted by atomic mass is 79.9. The van der Waals surface area contributed by atoms with E-state index in [1.54, 1.807) is 19.2 Å². The zero-order valence-corrected chi connectivity index (χ0v) is 12.1. The second-order valence-electron chi connectivity index (χ2n) is 4.06. The first-order valence-electron chi connectivity index (χ1n) is 5.84. The second-order valence-corrected chi connectivity index (χ2v) is 4.92. The third-order valence-corrected chi connectivity index (χ3v) is 3.34. The lowest BCUT2D eigenvalue weighted by molar-refractivity contribution is 0.102. The molecule has 0 fully saturated rings. The number of nitrogens with one attached hydrogen (secondary N) is 1. The van der Waals surface area contributed by atoms with Crippen molar-refractivity contribution in [2.24, 2.45) is 0 Å². The SMILES string of the molecule is COCc1ccc(C(=O)Nc2ccccc2Br)cc1. The average Bonchev–Trinajstić information content (AvgIpc) is 2.42. The fourth-order valence-electron chi connectivity index (χ4n) is 1.68. The van der Waals surface area contributed by atoms with Gasteiger partial charge in [-0.15, -0.1) is 0 Å². The molecular weight excluding hydrogens is 306 g/mol. The second kappa shape index (κ2) is 6.50. The van der Waals surface area contributed by atoms with E-state index in [2.05, 4.69) is 21.2 Å². The highest BCUT2D eigenvalue weighted by Gasteiger charge is 2.07. The minimum Gasteiger partial charge on any atom is -0.380 e. The summed E-state index contributed by atoms with van der Waals surface area (Å²) in [6.07, 6.45) is 0. The molecule has 0 bridgehead atoms. The molecule has 3 nitrogen and oxygen atoms in total. The van der Waals surface area contributed by atoms with Crippen LogP contribution in [0.1, 0.15) is 15.9 Å². The Balaban J connectivity index is 2.10. The molecular formula is C15H14BrNO2. The molecule has 1 amide bonds. The number of carbonyl (C=O) groups is 1. The van der Waals surface area contributed by atoms with E-state index in [0.29, 0.717) is 12.2 Å². The van der Waals surface area contributed by atoms with E-state index in [-0.39, 0.29) is 5.91 Å². The Hall–Kier alpha value is -1.65. The van der Waals surface area contributed by atoms with Crippen LogP contribution in [0.4, 0.5) is 5.69 Å². The van der Waals surface area contributed by atoms with Crippen LogP contribution in [-0.4, -0.2) is 13.0 Å².